The first-order chi connectivity index (χ1) is 21.0. The third-order valence-electron chi connectivity index (χ3n) is 7.13. The second-order valence-corrected chi connectivity index (χ2v) is 13.0. The molecular formula is C32H49Cl3N4O5. The Kier molecular flexibility index (Phi) is 17.5. The van der Waals surface area contributed by atoms with Gasteiger partial charge in [-0.05, 0) is 18.3 Å². The smallest absolute Gasteiger partial charge is 0.332 e. The fourth-order valence-corrected chi connectivity index (χ4v) is 5.53. The van der Waals surface area contributed by atoms with Crippen molar-refractivity contribution < 1.29 is 23.7 Å². The number of nitrogens with zero attached hydrogens (tertiary/aromatic N) is 4. The molecule has 1 heterocycles. The lowest BCUT2D eigenvalue weighted by Crippen LogP contribution is -2.46. The van der Waals surface area contributed by atoms with E-state index in [1.165, 1.54) is 81.4 Å². The Bertz CT molecular complexity index is 1120. The molecule has 248 valence electrons. The maximum absolute atomic E-state index is 14.2. The molecule has 0 aliphatic heterocycles. The van der Waals surface area contributed by atoms with Gasteiger partial charge in [-0.3, -0.25) is 9.80 Å². The highest BCUT2D eigenvalue weighted by molar-refractivity contribution is 6.42. The Morgan fingerprint density at radius 1 is 0.773 bits per heavy atom. The van der Waals surface area contributed by atoms with Crippen LogP contribution in [0.4, 0.5) is 16.3 Å². The molecular weight excluding hydrogens is 627 g/mol. The number of benzene rings is 1. The van der Waals surface area contributed by atoms with Gasteiger partial charge in [-0.15, -0.1) is 0 Å². The molecule has 0 bridgehead atoms. The molecule has 0 N–H and O–H groups in total. The lowest BCUT2D eigenvalue weighted by Gasteiger charge is -2.31. The molecule has 0 spiro atoms. The summed E-state index contributed by atoms with van der Waals surface area (Å²) in [5.74, 6) is 0.875. The molecule has 0 aliphatic rings. The van der Waals surface area contributed by atoms with Crippen molar-refractivity contribution in [3.8, 4) is 11.5 Å². The second-order valence-electron chi connectivity index (χ2n) is 11.8. The molecule has 2 rings (SSSR count). The van der Waals surface area contributed by atoms with Crippen LogP contribution in [0.25, 0.3) is 0 Å². The molecule has 2 aromatic rings. The summed E-state index contributed by atoms with van der Waals surface area (Å²) in [6.45, 7) is 7.67. The predicted octanol–water partition coefficient (Wildman–Crippen LogP) is 9.45. The number of hydrogen-bond acceptors (Lipinski definition) is 7. The Morgan fingerprint density at radius 3 is 1.86 bits per heavy atom. The molecule has 0 unspecified atom stereocenters. The van der Waals surface area contributed by atoms with Crippen molar-refractivity contribution in [3.63, 3.8) is 0 Å². The Morgan fingerprint density at radius 2 is 1.34 bits per heavy atom. The number of unbranched alkanes of at least 4 members (excludes halogenated alkanes) is 8. The van der Waals surface area contributed by atoms with Crippen molar-refractivity contribution in [2.45, 2.75) is 85.0 Å². The van der Waals surface area contributed by atoms with Crippen LogP contribution >= 0.6 is 34.8 Å². The molecule has 0 fully saturated rings. The molecule has 0 aliphatic carbocycles. The standard InChI is InChI=1S/C32H49Cl3N4O5/c1-32(2,3)16-14-12-10-8-7-9-11-13-15-18-44-23-39(30-28(34)24(42-5)20-25(43-6)29(30)35)31(40)38(17-19-41-4)27-21-26(33)36-22-37-27/h20-22H,7-19,23H2,1-6H3. The lowest BCUT2D eigenvalue weighted by atomic mass is 9.89. The summed E-state index contributed by atoms with van der Waals surface area (Å²) < 4.78 is 22.2. The van der Waals surface area contributed by atoms with Gasteiger partial charge in [-0.1, -0.05) is 107 Å². The van der Waals surface area contributed by atoms with Crippen molar-refractivity contribution in [1.29, 1.82) is 0 Å². The summed E-state index contributed by atoms with van der Waals surface area (Å²) >= 11 is 19.6. The highest BCUT2D eigenvalue weighted by atomic mass is 35.5. The zero-order valence-electron chi connectivity index (χ0n) is 27.1. The minimum atomic E-state index is -0.501. The highest BCUT2D eigenvalue weighted by Gasteiger charge is 2.31. The SMILES string of the molecule is COCCN(C(=O)N(COCCCCCCCCCCCC(C)(C)C)c1c(Cl)c(OC)cc(OC)c1Cl)c1cc(Cl)ncn1. The van der Waals surface area contributed by atoms with E-state index in [0.717, 1.165) is 19.3 Å². The number of halogens is 3. The maximum Gasteiger partial charge on any atom is 0.332 e. The Hall–Kier alpha value is -2.04. The van der Waals surface area contributed by atoms with Crippen LogP contribution in [0.5, 0.6) is 11.5 Å². The molecule has 1 aromatic carbocycles. The number of anilines is 2. The van der Waals surface area contributed by atoms with Crippen molar-refractivity contribution in [2.24, 2.45) is 5.41 Å². The molecule has 44 heavy (non-hydrogen) atoms. The number of methoxy groups -OCH3 is 3. The number of amides is 2. The average molecular weight is 676 g/mol. The van der Waals surface area contributed by atoms with Gasteiger partial charge in [-0.2, -0.15) is 0 Å². The van der Waals surface area contributed by atoms with E-state index in [1.807, 2.05) is 0 Å². The zero-order valence-corrected chi connectivity index (χ0v) is 29.4. The molecule has 0 atom stereocenters. The van der Waals surface area contributed by atoms with Crippen LogP contribution in [0.3, 0.4) is 0 Å². The number of carbonyl (C=O) groups is 1. The number of carbonyl (C=O) groups excluding carboxylic acids is 1. The second kappa shape index (κ2) is 20.2. The number of ether oxygens (including phenoxy) is 4. The largest absolute Gasteiger partial charge is 0.495 e. The summed E-state index contributed by atoms with van der Waals surface area (Å²) in [6.07, 6.45) is 13.4. The molecule has 12 heteroatoms. The predicted molar refractivity (Wildman–Crippen MR) is 180 cm³/mol. The first kappa shape index (κ1) is 38.1. The number of rotatable bonds is 20. The van der Waals surface area contributed by atoms with Crippen LogP contribution in [-0.4, -0.2) is 63.8 Å². The van der Waals surface area contributed by atoms with Gasteiger partial charge in [0, 0.05) is 25.8 Å². The Balaban J connectivity index is 2.07. The topological polar surface area (TPSA) is 86.3 Å². The molecule has 2 amide bonds. The van der Waals surface area contributed by atoms with E-state index in [2.05, 4.69) is 30.7 Å². The maximum atomic E-state index is 14.2. The van der Waals surface area contributed by atoms with Gasteiger partial charge in [0.2, 0.25) is 0 Å². The molecule has 0 saturated heterocycles. The number of aromatic nitrogens is 2. The van der Waals surface area contributed by atoms with Crippen molar-refractivity contribution >= 4 is 52.3 Å². The van der Waals surface area contributed by atoms with E-state index in [0.29, 0.717) is 23.5 Å². The average Bonchev–Trinajstić information content (AvgIpc) is 2.98. The third kappa shape index (κ3) is 12.8. The first-order valence-corrected chi connectivity index (χ1v) is 16.4. The Labute approximate surface area is 278 Å². The lowest BCUT2D eigenvalue weighted by molar-refractivity contribution is 0.131. The van der Waals surface area contributed by atoms with Crippen LogP contribution in [-0.2, 0) is 9.47 Å². The van der Waals surface area contributed by atoms with Gasteiger partial charge < -0.3 is 18.9 Å². The van der Waals surface area contributed by atoms with E-state index in [1.54, 1.807) is 13.2 Å². The van der Waals surface area contributed by atoms with Crippen molar-refractivity contribution in [2.75, 3.05) is 57.6 Å². The third-order valence-corrected chi connectivity index (χ3v) is 8.07. The normalized spacial score (nSPS) is 11.5. The van der Waals surface area contributed by atoms with Gasteiger partial charge in [0.1, 0.15) is 45.6 Å². The quantitative estimate of drug-likeness (QED) is 0.0785. The van der Waals surface area contributed by atoms with E-state index in [9.17, 15) is 4.79 Å². The first-order valence-electron chi connectivity index (χ1n) is 15.3. The van der Waals surface area contributed by atoms with Gasteiger partial charge in [-0.25, -0.2) is 14.8 Å². The summed E-state index contributed by atoms with van der Waals surface area (Å²) in [5.41, 5.74) is 0.625. The van der Waals surface area contributed by atoms with Crippen LogP contribution in [0, 0.1) is 5.41 Å². The summed E-state index contributed by atoms with van der Waals surface area (Å²) in [4.78, 5) is 25.1. The molecule has 0 radical (unpaired) electrons. The van der Waals surface area contributed by atoms with Gasteiger partial charge in [0.25, 0.3) is 0 Å². The molecule has 9 nitrogen and oxygen atoms in total. The van der Waals surface area contributed by atoms with E-state index in [-0.39, 0.29) is 46.6 Å². The summed E-state index contributed by atoms with van der Waals surface area (Å²) in [5, 5.41) is 0.467. The van der Waals surface area contributed by atoms with E-state index in [4.69, 9.17) is 53.8 Å². The van der Waals surface area contributed by atoms with Crippen LogP contribution in [0.2, 0.25) is 15.2 Å². The highest BCUT2D eigenvalue weighted by Crippen LogP contribution is 2.46. The fraction of sp³-hybridized carbons (Fsp3) is 0.656. The van der Waals surface area contributed by atoms with E-state index < -0.39 is 6.03 Å². The van der Waals surface area contributed by atoms with Gasteiger partial charge in [0.15, 0.2) is 0 Å². The minimum Gasteiger partial charge on any atom is -0.495 e. The van der Waals surface area contributed by atoms with Crippen molar-refractivity contribution in [1.82, 2.24) is 9.97 Å². The van der Waals surface area contributed by atoms with E-state index >= 15 is 0 Å². The molecule has 0 saturated carbocycles. The summed E-state index contributed by atoms with van der Waals surface area (Å²) in [7, 11) is 4.50. The van der Waals surface area contributed by atoms with Gasteiger partial charge >= 0.3 is 6.03 Å². The fourth-order valence-electron chi connectivity index (χ4n) is 4.69. The summed E-state index contributed by atoms with van der Waals surface area (Å²) in [6, 6.07) is 2.56. The zero-order chi connectivity index (χ0) is 32.5. The van der Waals surface area contributed by atoms with Gasteiger partial charge in [0.05, 0.1) is 33.1 Å². The van der Waals surface area contributed by atoms with Crippen LogP contribution in [0.1, 0.15) is 85.0 Å². The van der Waals surface area contributed by atoms with Crippen LogP contribution < -0.4 is 19.3 Å². The number of hydrogen-bond donors (Lipinski definition) is 0. The van der Waals surface area contributed by atoms with Crippen LogP contribution in [0.15, 0.2) is 18.5 Å². The number of urea groups is 1. The molecule has 1 aromatic heterocycles. The van der Waals surface area contributed by atoms with Crippen molar-refractivity contribution in [3.05, 3.63) is 33.7 Å². The monoisotopic (exact) mass is 674 g/mol. The minimum absolute atomic E-state index is 0.120.